The average molecular weight is 267 g/mol. The summed E-state index contributed by atoms with van der Waals surface area (Å²) in [5.74, 6) is 2.09. The minimum atomic E-state index is 0.248. The molecule has 0 amide bonds. The predicted molar refractivity (Wildman–Crippen MR) is 73.6 cm³/mol. The van der Waals surface area contributed by atoms with Gasteiger partial charge in [0.05, 0.1) is 5.56 Å². The normalized spacial score (nSPS) is 12.0. The highest BCUT2D eigenvalue weighted by atomic mass is 16.7. The summed E-state index contributed by atoms with van der Waals surface area (Å²) >= 11 is 0. The summed E-state index contributed by atoms with van der Waals surface area (Å²) in [6.07, 6.45) is 1.69. The molecule has 2 heterocycles. The summed E-state index contributed by atoms with van der Waals surface area (Å²) in [6, 6.07) is 9.74. The van der Waals surface area contributed by atoms with Crippen molar-refractivity contribution in [2.45, 2.75) is 13.5 Å². The zero-order chi connectivity index (χ0) is 13.9. The molecule has 0 unspecified atom stereocenters. The van der Waals surface area contributed by atoms with Crippen LogP contribution in [0.5, 0.6) is 11.5 Å². The molecule has 1 aliphatic heterocycles. The second kappa shape index (κ2) is 5.10. The molecule has 100 valence electrons. The molecule has 1 N–H and O–H groups in total. The number of benzene rings is 1. The molecule has 0 fully saturated rings. The van der Waals surface area contributed by atoms with E-state index in [-0.39, 0.29) is 6.79 Å². The highest BCUT2D eigenvalue weighted by Gasteiger charge is 2.17. The summed E-state index contributed by atoms with van der Waals surface area (Å²) < 4.78 is 10.8. The molecule has 0 bridgehead atoms. The van der Waals surface area contributed by atoms with Crippen molar-refractivity contribution in [1.29, 1.82) is 5.26 Å². The fourth-order valence-corrected chi connectivity index (χ4v) is 2.14. The molecular weight excluding hydrogens is 254 g/mol. The lowest BCUT2D eigenvalue weighted by Gasteiger charge is -2.10. The second-order valence-electron chi connectivity index (χ2n) is 4.47. The highest BCUT2D eigenvalue weighted by molar-refractivity contribution is 5.56. The third-order valence-electron chi connectivity index (χ3n) is 3.20. The van der Waals surface area contributed by atoms with E-state index >= 15 is 0 Å². The molecule has 0 aliphatic carbocycles. The maximum absolute atomic E-state index is 9.18. The van der Waals surface area contributed by atoms with E-state index in [0.717, 1.165) is 22.6 Å². The van der Waals surface area contributed by atoms with E-state index in [4.69, 9.17) is 9.47 Å². The molecule has 5 nitrogen and oxygen atoms in total. The van der Waals surface area contributed by atoms with Gasteiger partial charge in [0.15, 0.2) is 11.5 Å². The molecule has 0 saturated carbocycles. The number of hydrogen-bond acceptors (Lipinski definition) is 5. The third-order valence-corrected chi connectivity index (χ3v) is 3.20. The van der Waals surface area contributed by atoms with Gasteiger partial charge in [-0.1, -0.05) is 12.1 Å². The number of rotatable bonds is 3. The Hall–Kier alpha value is -2.74. The zero-order valence-electron chi connectivity index (χ0n) is 11.0. The number of nitriles is 1. The van der Waals surface area contributed by atoms with Crippen molar-refractivity contribution in [3.63, 3.8) is 0 Å². The van der Waals surface area contributed by atoms with E-state index in [1.807, 2.05) is 31.2 Å². The molecule has 3 rings (SSSR count). The van der Waals surface area contributed by atoms with Crippen LogP contribution in [0.1, 0.15) is 16.7 Å². The highest BCUT2D eigenvalue weighted by Crippen LogP contribution is 2.35. The van der Waals surface area contributed by atoms with Crippen LogP contribution in [0.4, 0.5) is 5.82 Å². The molecule has 0 atom stereocenters. The Bertz CT molecular complexity index is 692. The summed E-state index contributed by atoms with van der Waals surface area (Å²) in [5.41, 5.74) is 2.45. The first-order chi connectivity index (χ1) is 9.79. The minimum Gasteiger partial charge on any atom is -0.454 e. The van der Waals surface area contributed by atoms with Crippen molar-refractivity contribution < 1.29 is 9.47 Å². The van der Waals surface area contributed by atoms with E-state index in [0.29, 0.717) is 17.9 Å². The van der Waals surface area contributed by atoms with Crippen molar-refractivity contribution in [3.8, 4) is 17.6 Å². The van der Waals surface area contributed by atoms with Crippen molar-refractivity contribution >= 4 is 5.82 Å². The lowest BCUT2D eigenvalue weighted by Crippen LogP contribution is -2.05. The van der Waals surface area contributed by atoms with E-state index in [1.165, 1.54) is 0 Å². The van der Waals surface area contributed by atoms with Gasteiger partial charge in [0.1, 0.15) is 11.9 Å². The number of nitrogens with zero attached hydrogens (tertiary/aromatic N) is 2. The number of fused-ring (bicyclic) bond motifs is 1. The molecule has 5 heteroatoms. The maximum atomic E-state index is 9.18. The lowest BCUT2D eigenvalue weighted by molar-refractivity contribution is 0.173. The number of pyridine rings is 1. The van der Waals surface area contributed by atoms with E-state index in [9.17, 15) is 5.26 Å². The summed E-state index contributed by atoms with van der Waals surface area (Å²) in [7, 11) is 0. The fourth-order valence-electron chi connectivity index (χ4n) is 2.14. The molecular formula is C15H13N3O2. The van der Waals surface area contributed by atoms with Gasteiger partial charge < -0.3 is 14.8 Å². The SMILES string of the molecule is Cc1ccnc(NCc2cccc3c2OCO3)c1C#N. The van der Waals surface area contributed by atoms with Crippen LogP contribution in [0.2, 0.25) is 0 Å². The number of aryl methyl sites for hydroxylation is 1. The molecule has 1 aromatic carbocycles. The van der Waals surface area contributed by atoms with Gasteiger partial charge in [0, 0.05) is 18.3 Å². The van der Waals surface area contributed by atoms with Crippen LogP contribution in [0, 0.1) is 18.3 Å². The Kier molecular flexibility index (Phi) is 3.13. The molecule has 0 saturated heterocycles. The number of aromatic nitrogens is 1. The van der Waals surface area contributed by atoms with Crippen molar-refractivity contribution in [2.75, 3.05) is 12.1 Å². The van der Waals surface area contributed by atoms with Crippen LogP contribution in [0.25, 0.3) is 0 Å². The molecule has 1 aromatic heterocycles. The van der Waals surface area contributed by atoms with Crippen LogP contribution in [0.15, 0.2) is 30.5 Å². The van der Waals surface area contributed by atoms with Gasteiger partial charge in [-0.3, -0.25) is 0 Å². The van der Waals surface area contributed by atoms with Crippen molar-refractivity contribution in [1.82, 2.24) is 4.98 Å². The Balaban J connectivity index is 1.83. The standard InChI is InChI=1S/C15H13N3O2/c1-10-5-6-17-15(12(10)7-16)18-8-11-3-2-4-13-14(11)20-9-19-13/h2-6H,8-9H2,1H3,(H,17,18). The van der Waals surface area contributed by atoms with Gasteiger partial charge in [-0.05, 0) is 24.6 Å². The number of ether oxygens (including phenoxy) is 2. The smallest absolute Gasteiger partial charge is 0.231 e. The van der Waals surface area contributed by atoms with Crippen molar-refractivity contribution in [2.24, 2.45) is 0 Å². The monoisotopic (exact) mass is 267 g/mol. The minimum absolute atomic E-state index is 0.248. The predicted octanol–water partition coefficient (Wildman–Crippen LogP) is 2.60. The van der Waals surface area contributed by atoms with Crippen molar-refractivity contribution in [3.05, 3.63) is 47.2 Å². The molecule has 20 heavy (non-hydrogen) atoms. The summed E-state index contributed by atoms with van der Waals surface area (Å²) in [4.78, 5) is 4.21. The summed E-state index contributed by atoms with van der Waals surface area (Å²) in [6.45, 7) is 2.67. The molecule has 0 spiro atoms. The van der Waals surface area contributed by atoms with Crippen LogP contribution in [0.3, 0.4) is 0 Å². The first-order valence-electron chi connectivity index (χ1n) is 6.26. The second-order valence-corrected chi connectivity index (χ2v) is 4.47. The number of hydrogen-bond donors (Lipinski definition) is 1. The van der Waals surface area contributed by atoms with Gasteiger partial charge in [-0.15, -0.1) is 0 Å². The van der Waals surface area contributed by atoms with Crippen LogP contribution in [-0.4, -0.2) is 11.8 Å². The van der Waals surface area contributed by atoms with E-state index in [1.54, 1.807) is 6.20 Å². The topological polar surface area (TPSA) is 67.2 Å². The molecule has 2 aromatic rings. The third kappa shape index (κ3) is 2.12. The fraction of sp³-hybridized carbons (Fsp3) is 0.200. The van der Waals surface area contributed by atoms with Gasteiger partial charge in [-0.2, -0.15) is 5.26 Å². The summed E-state index contributed by atoms with van der Waals surface area (Å²) in [5, 5.41) is 12.4. The Labute approximate surface area is 116 Å². The van der Waals surface area contributed by atoms with Gasteiger partial charge >= 0.3 is 0 Å². The van der Waals surface area contributed by atoms with E-state index in [2.05, 4.69) is 16.4 Å². The number of anilines is 1. The zero-order valence-corrected chi connectivity index (χ0v) is 11.0. The quantitative estimate of drug-likeness (QED) is 0.925. The first-order valence-corrected chi connectivity index (χ1v) is 6.26. The van der Waals surface area contributed by atoms with E-state index < -0.39 is 0 Å². The van der Waals surface area contributed by atoms with Gasteiger partial charge in [-0.25, -0.2) is 4.98 Å². The molecule has 1 aliphatic rings. The number of nitrogens with one attached hydrogen (secondary N) is 1. The first kappa shape index (κ1) is 12.3. The van der Waals surface area contributed by atoms with Crippen LogP contribution >= 0.6 is 0 Å². The molecule has 0 radical (unpaired) electrons. The van der Waals surface area contributed by atoms with Gasteiger partial charge in [0.25, 0.3) is 0 Å². The largest absolute Gasteiger partial charge is 0.454 e. The maximum Gasteiger partial charge on any atom is 0.231 e. The Morgan fingerprint density at radius 3 is 3.10 bits per heavy atom. The lowest BCUT2D eigenvalue weighted by atomic mass is 10.1. The average Bonchev–Trinajstić information content (AvgIpc) is 2.94. The number of para-hydroxylation sites is 1. The Morgan fingerprint density at radius 1 is 1.35 bits per heavy atom. The van der Waals surface area contributed by atoms with Crippen LogP contribution in [-0.2, 0) is 6.54 Å². The van der Waals surface area contributed by atoms with Gasteiger partial charge in [0.2, 0.25) is 6.79 Å². The van der Waals surface area contributed by atoms with Crippen LogP contribution < -0.4 is 14.8 Å². The Morgan fingerprint density at radius 2 is 2.25 bits per heavy atom.